The molecule has 0 saturated carbocycles. The van der Waals surface area contributed by atoms with Crippen LogP contribution < -0.4 is 11.3 Å². The van der Waals surface area contributed by atoms with Gasteiger partial charge < -0.3 is 10.3 Å². The fraction of sp³-hybridized carbons (Fsp3) is 0.111. The Kier molecular flexibility index (Phi) is 3.77. The number of fused-ring (bicyclic) bond motifs is 3. The van der Waals surface area contributed by atoms with Crippen molar-refractivity contribution in [2.75, 3.05) is 5.73 Å². The molecule has 0 amide bonds. The molecule has 0 saturated heterocycles. The van der Waals surface area contributed by atoms with E-state index in [2.05, 4.69) is 25.3 Å². The Morgan fingerprint density at radius 1 is 1.28 bits per heavy atom. The maximum Gasteiger partial charge on any atom is 0.291 e. The lowest BCUT2D eigenvalue weighted by Gasteiger charge is -2.05. The van der Waals surface area contributed by atoms with E-state index in [1.54, 1.807) is 48.3 Å². The van der Waals surface area contributed by atoms with E-state index in [-0.39, 0.29) is 17.9 Å². The van der Waals surface area contributed by atoms with Gasteiger partial charge in [0.1, 0.15) is 17.0 Å². The number of aromatic nitrogens is 7. The minimum absolute atomic E-state index is 0.203. The topological polar surface area (TPSA) is 137 Å². The Balaban J connectivity index is 1.62. The summed E-state index contributed by atoms with van der Waals surface area (Å²) in [6.07, 6.45) is 3.20. The average molecular weight is 406 g/mol. The van der Waals surface area contributed by atoms with Gasteiger partial charge in [-0.25, -0.2) is 14.6 Å². The molecule has 0 aliphatic rings. The number of thiazole rings is 1. The minimum atomic E-state index is -0.269. The molecule has 5 heterocycles. The summed E-state index contributed by atoms with van der Waals surface area (Å²) in [5.41, 5.74) is 7.41. The Hall–Kier alpha value is -3.86. The number of carbonyl (C=O) groups excluding carboxylic acids is 1. The van der Waals surface area contributed by atoms with Gasteiger partial charge >= 0.3 is 0 Å². The van der Waals surface area contributed by atoms with Crippen molar-refractivity contribution in [2.24, 2.45) is 7.05 Å². The van der Waals surface area contributed by atoms with Crippen LogP contribution in [0.1, 0.15) is 21.2 Å². The first kappa shape index (κ1) is 17.3. The number of carbonyl (C=O) groups is 1. The molecule has 10 nitrogen and oxygen atoms in total. The maximum atomic E-state index is 13.0. The summed E-state index contributed by atoms with van der Waals surface area (Å²) in [6, 6.07) is 6.84. The summed E-state index contributed by atoms with van der Waals surface area (Å²) in [4.78, 5) is 34.2. The Morgan fingerprint density at radius 2 is 2.14 bits per heavy atom. The van der Waals surface area contributed by atoms with Crippen LogP contribution in [0.25, 0.3) is 21.3 Å². The molecule has 0 aliphatic carbocycles. The number of anilines is 1. The zero-order valence-corrected chi connectivity index (χ0v) is 16.0. The first-order valence-electron chi connectivity index (χ1n) is 8.64. The number of hydrogen-bond donors (Lipinski definition) is 2. The SMILES string of the molecule is Cn1c2nc(C(=O)c3cc[nH]n3)sc2c2cnn(Cc3cccc(N)n3)c(=O)c21. The van der Waals surface area contributed by atoms with E-state index in [4.69, 9.17) is 5.73 Å². The molecule has 0 bridgehead atoms. The van der Waals surface area contributed by atoms with E-state index in [0.29, 0.717) is 38.8 Å². The van der Waals surface area contributed by atoms with E-state index >= 15 is 0 Å². The largest absolute Gasteiger partial charge is 0.384 e. The normalized spacial score (nSPS) is 11.5. The van der Waals surface area contributed by atoms with Crippen LogP contribution in [-0.4, -0.2) is 40.3 Å². The van der Waals surface area contributed by atoms with Gasteiger partial charge in [-0.15, -0.1) is 11.3 Å². The lowest BCUT2D eigenvalue weighted by Crippen LogP contribution is -2.25. The standard InChI is InChI=1S/C18H14N8O2S/c1-25-13-10(7-21-26(18(13)28)8-9-3-2-4-12(19)22-9)15-16(25)23-17(29-15)14(27)11-5-6-20-24-11/h2-7H,8H2,1H3,(H2,19,22)(H,20,24). The van der Waals surface area contributed by atoms with E-state index in [1.165, 1.54) is 16.0 Å². The number of hydrogen-bond acceptors (Lipinski definition) is 8. The second-order valence-corrected chi connectivity index (χ2v) is 7.44. The number of aryl methyl sites for hydroxylation is 1. The number of rotatable bonds is 4. The highest BCUT2D eigenvalue weighted by Gasteiger charge is 2.22. The van der Waals surface area contributed by atoms with Gasteiger partial charge in [0.05, 0.1) is 23.1 Å². The van der Waals surface area contributed by atoms with E-state index in [1.807, 2.05) is 0 Å². The molecule has 5 aromatic heterocycles. The molecule has 0 radical (unpaired) electrons. The van der Waals surface area contributed by atoms with Gasteiger partial charge in [0.15, 0.2) is 10.7 Å². The fourth-order valence-electron chi connectivity index (χ4n) is 3.24. The highest BCUT2D eigenvalue weighted by molar-refractivity contribution is 7.21. The lowest BCUT2D eigenvalue weighted by molar-refractivity contribution is 0.103. The molecular formula is C18H14N8O2S. The van der Waals surface area contributed by atoms with Crippen LogP contribution in [0.4, 0.5) is 5.82 Å². The van der Waals surface area contributed by atoms with Crippen molar-refractivity contribution in [3.05, 3.63) is 63.4 Å². The van der Waals surface area contributed by atoms with Crippen molar-refractivity contribution in [1.82, 2.24) is 34.5 Å². The molecule has 29 heavy (non-hydrogen) atoms. The van der Waals surface area contributed by atoms with Crippen LogP contribution in [0.3, 0.4) is 0 Å². The molecule has 0 atom stereocenters. The second-order valence-electron chi connectivity index (χ2n) is 6.44. The predicted octanol–water partition coefficient (Wildman–Crippen LogP) is 1.32. The van der Waals surface area contributed by atoms with Crippen LogP contribution in [0.5, 0.6) is 0 Å². The van der Waals surface area contributed by atoms with Crippen LogP contribution in [-0.2, 0) is 13.6 Å². The molecule has 144 valence electrons. The van der Waals surface area contributed by atoms with Gasteiger partial charge in [0.2, 0.25) is 5.78 Å². The molecule has 0 unspecified atom stereocenters. The molecule has 3 N–H and O–H groups in total. The number of nitrogens with two attached hydrogens (primary N) is 1. The molecule has 0 fully saturated rings. The predicted molar refractivity (Wildman–Crippen MR) is 108 cm³/mol. The Bertz CT molecular complexity index is 1440. The van der Waals surface area contributed by atoms with E-state index in [9.17, 15) is 9.59 Å². The summed E-state index contributed by atoms with van der Waals surface area (Å²) < 4.78 is 3.76. The number of ketones is 1. The molecule has 0 aromatic carbocycles. The first-order valence-corrected chi connectivity index (χ1v) is 9.45. The number of nitrogens with zero attached hydrogens (tertiary/aromatic N) is 6. The Morgan fingerprint density at radius 3 is 2.90 bits per heavy atom. The van der Waals surface area contributed by atoms with Gasteiger partial charge in [0.25, 0.3) is 5.56 Å². The van der Waals surface area contributed by atoms with E-state index in [0.717, 1.165) is 4.70 Å². The third-order valence-electron chi connectivity index (χ3n) is 4.59. The van der Waals surface area contributed by atoms with Crippen molar-refractivity contribution in [1.29, 1.82) is 0 Å². The smallest absolute Gasteiger partial charge is 0.291 e. The zero-order valence-electron chi connectivity index (χ0n) is 15.2. The van der Waals surface area contributed by atoms with E-state index < -0.39 is 0 Å². The molecule has 0 aliphatic heterocycles. The van der Waals surface area contributed by atoms with Crippen LogP contribution in [0.15, 0.2) is 41.5 Å². The quantitative estimate of drug-likeness (QED) is 0.429. The Labute approximate surface area is 166 Å². The summed E-state index contributed by atoms with van der Waals surface area (Å²) in [5.74, 6) is 0.115. The van der Waals surface area contributed by atoms with Gasteiger partial charge in [-0.2, -0.15) is 10.2 Å². The van der Waals surface area contributed by atoms with Crippen molar-refractivity contribution >= 4 is 44.2 Å². The first-order chi connectivity index (χ1) is 14.0. The van der Waals surface area contributed by atoms with Gasteiger partial charge in [0, 0.05) is 18.6 Å². The molecule has 11 heteroatoms. The monoisotopic (exact) mass is 406 g/mol. The molecule has 5 rings (SSSR count). The molecular weight excluding hydrogens is 392 g/mol. The highest BCUT2D eigenvalue weighted by atomic mass is 32.1. The fourth-order valence-corrected chi connectivity index (χ4v) is 4.29. The number of nitrogen functional groups attached to an aromatic ring is 1. The highest BCUT2D eigenvalue weighted by Crippen LogP contribution is 2.31. The van der Waals surface area contributed by atoms with Gasteiger partial charge in [-0.05, 0) is 18.2 Å². The number of H-pyrrole nitrogens is 1. The lowest BCUT2D eigenvalue weighted by atomic mass is 10.3. The molecule has 0 spiro atoms. The third-order valence-corrected chi connectivity index (χ3v) is 5.67. The summed E-state index contributed by atoms with van der Waals surface area (Å²) in [5, 5.41) is 11.8. The number of pyridine rings is 1. The molecule has 5 aromatic rings. The van der Waals surface area contributed by atoms with Crippen LogP contribution in [0.2, 0.25) is 0 Å². The maximum absolute atomic E-state index is 13.0. The average Bonchev–Trinajstić information content (AvgIpc) is 3.42. The van der Waals surface area contributed by atoms with Crippen LogP contribution in [0, 0.1) is 0 Å². The van der Waals surface area contributed by atoms with Crippen molar-refractivity contribution in [3.63, 3.8) is 0 Å². The van der Waals surface area contributed by atoms with Crippen molar-refractivity contribution < 1.29 is 4.79 Å². The second kappa shape index (κ2) is 6.34. The van der Waals surface area contributed by atoms with Crippen molar-refractivity contribution in [3.8, 4) is 0 Å². The minimum Gasteiger partial charge on any atom is -0.384 e. The summed E-state index contributed by atoms with van der Waals surface area (Å²) >= 11 is 1.22. The third kappa shape index (κ3) is 2.70. The van der Waals surface area contributed by atoms with Gasteiger partial charge in [-0.3, -0.25) is 14.7 Å². The summed E-state index contributed by atoms with van der Waals surface area (Å²) in [7, 11) is 1.75. The summed E-state index contributed by atoms with van der Waals surface area (Å²) in [6.45, 7) is 0.203. The number of aromatic amines is 1. The van der Waals surface area contributed by atoms with Crippen molar-refractivity contribution in [2.45, 2.75) is 6.54 Å². The van der Waals surface area contributed by atoms with Gasteiger partial charge in [-0.1, -0.05) is 6.07 Å². The number of nitrogens with one attached hydrogen (secondary N) is 1. The zero-order chi connectivity index (χ0) is 20.1. The van der Waals surface area contributed by atoms with Crippen LogP contribution >= 0.6 is 11.3 Å².